The van der Waals surface area contributed by atoms with Crippen molar-refractivity contribution in [3.05, 3.63) is 34.1 Å². The first-order valence-corrected chi connectivity index (χ1v) is 6.10. The van der Waals surface area contributed by atoms with Crippen molar-refractivity contribution in [1.29, 1.82) is 0 Å². The molecular formula is C12H17BrFNO2. The molecule has 5 heteroatoms. The molecule has 0 saturated carbocycles. The molecule has 0 bridgehead atoms. The number of methoxy groups -OCH3 is 2. The van der Waals surface area contributed by atoms with E-state index >= 15 is 0 Å². The Balaban J connectivity index is 2.52. The summed E-state index contributed by atoms with van der Waals surface area (Å²) in [5.41, 5.74) is 0.878. The van der Waals surface area contributed by atoms with Crippen LogP contribution < -0.4 is 5.32 Å². The zero-order valence-electron chi connectivity index (χ0n) is 10.2. The van der Waals surface area contributed by atoms with Crippen LogP contribution in [0.5, 0.6) is 0 Å². The summed E-state index contributed by atoms with van der Waals surface area (Å²) >= 11 is 3.12. The summed E-state index contributed by atoms with van der Waals surface area (Å²) in [6.45, 7) is 2.52. The number of benzene rings is 1. The van der Waals surface area contributed by atoms with E-state index in [0.717, 1.165) is 5.56 Å². The van der Waals surface area contributed by atoms with E-state index in [2.05, 4.69) is 21.2 Å². The SMILES string of the molecule is COC(OC)C(C)NCc1ccc(Br)c(F)c1. The third-order valence-electron chi connectivity index (χ3n) is 2.49. The number of rotatable bonds is 6. The van der Waals surface area contributed by atoms with Crippen molar-refractivity contribution >= 4 is 15.9 Å². The predicted octanol–water partition coefficient (Wildman–Crippen LogP) is 2.69. The van der Waals surface area contributed by atoms with E-state index in [-0.39, 0.29) is 18.1 Å². The molecule has 1 rings (SSSR count). The van der Waals surface area contributed by atoms with E-state index in [4.69, 9.17) is 9.47 Å². The Morgan fingerprint density at radius 2 is 2.00 bits per heavy atom. The molecule has 0 heterocycles. The van der Waals surface area contributed by atoms with Crippen molar-refractivity contribution in [2.45, 2.75) is 25.8 Å². The Morgan fingerprint density at radius 3 is 2.53 bits per heavy atom. The Morgan fingerprint density at radius 1 is 1.35 bits per heavy atom. The highest BCUT2D eigenvalue weighted by atomic mass is 79.9. The maximum atomic E-state index is 13.3. The fourth-order valence-corrected chi connectivity index (χ4v) is 1.78. The lowest BCUT2D eigenvalue weighted by Crippen LogP contribution is -2.39. The van der Waals surface area contributed by atoms with Crippen molar-refractivity contribution in [2.24, 2.45) is 0 Å². The van der Waals surface area contributed by atoms with Gasteiger partial charge in [-0.1, -0.05) is 6.07 Å². The molecule has 0 aliphatic carbocycles. The van der Waals surface area contributed by atoms with Gasteiger partial charge in [0.15, 0.2) is 6.29 Å². The quantitative estimate of drug-likeness (QED) is 0.820. The molecule has 1 aromatic carbocycles. The van der Waals surface area contributed by atoms with Gasteiger partial charge in [0, 0.05) is 20.8 Å². The highest BCUT2D eigenvalue weighted by molar-refractivity contribution is 9.10. The monoisotopic (exact) mass is 305 g/mol. The maximum absolute atomic E-state index is 13.3. The molecule has 17 heavy (non-hydrogen) atoms. The number of ether oxygens (including phenoxy) is 2. The molecule has 96 valence electrons. The van der Waals surface area contributed by atoms with Crippen LogP contribution in [0.3, 0.4) is 0 Å². The molecule has 0 aliphatic rings. The largest absolute Gasteiger partial charge is 0.354 e. The number of halogens is 2. The zero-order chi connectivity index (χ0) is 12.8. The van der Waals surface area contributed by atoms with Gasteiger partial charge in [-0.2, -0.15) is 0 Å². The van der Waals surface area contributed by atoms with Gasteiger partial charge in [-0.05, 0) is 40.5 Å². The van der Waals surface area contributed by atoms with E-state index in [1.54, 1.807) is 20.3 Å². The Bertz CT molecular complexity index is 358. The van der Waals surface area contributed by atoms with E-state index in [1.807, 2.05) is 13.0 Å². The van der Waals surface area contributed by atoms with Gasteiger partial charge in [0.05, 0.1) is 10.5 Å². The molecule has 0 radical (unpaired) electrons. The standard InChI is InChI=1S/C12H17BrFNO2/c1-8(12(16-2)17-3)15-7-9-4-5-10(13)11(14)6-9/h4-6,8,12,15H,7H2,1-3H3. The second kappa shape index (κ2) is 7.06. The van der Waals surface area contributed by atoms with Gasteiger partial charge in [-0.15, -0.1) is 0 Å². The predicted molar refractivity (Wildman–Crippen MR) is 68.2 cm³/mol. The van der Waals surface area contributed by atoms with Crippen LogP contribution in [-0.2, 0) is 16.0 Å². The summed E-state index contributed by atoms with van der Waals surface area (Å²) in [6, 6.07) is 5.08. The van der Waals surface area contributed by atoms with E-state index in [9.17, 15) is 4.39 Å². The van der Waals surface area contributed by atoms with Crippen LogP contribution in [0.25, 0.3) is 0 Å². The average molecular weight is 306 g/mol. The van der Waals surface area contributed by atoms with E-state index < -0.39 is 0 Å². The highest BCUT2D eigenvalue weighted by Gasteiger charge is 2.14. The molecule has 0 spiro atoms. The van der Waals surface area contributed by atoms with Crippen molar-refractivity contribution in [2.75, 3.05) is 14.2 Å². The fourth-order valence-electron chi connectivity index (χ4n) is 1.53. The summed E-state index contributed by atoms with van der Waals surface area (Å²) in [4.78, 5) is 0. The molecule has 1 N–H and O–H groups in total. The summed E-state index contributed by atoms with van der Waals surface area (Å²) < 4.78 is 24.0. The normalized spacial score (nSPS) is 13.1. The lowest BCUT2D eigenvalue weighted by Gasteiger charge is -2.22. The van der Waals surface area contributed by atoms with E-state index in [1.165, 1.54) is 6.07 Å². The van der Waals surface area contributed by atoms with Gasteiger partial charge in [0.1, 0.15) is 5.82 Å². The van der Waals surface area contributed by atoms with Crippen molar-refractivity contribution in [1.82, 2.24) is 5.32 Å². The topological polar surface area (TPSA) is 30.5 Å². The van der Waals surface area contributed by atoms with Crippen LogP contribution in [0.15, 0.2) is 22.7 Å². The highest BCUT2D eigenvalue weighted by Crippen LogP contribution is 2.16. The Labute approximate surface area is 109 Å². The maximum Gasteiger partial charge on any atom is 0.171 e. The van der Waals surface area contributed by atoms with Gasteiger partial charge in [-0.25, -0.2) is 4.39 Å². The third-order valence-corrected chi connectivity index (χ3v) is 3.13. The Hall–Kier alpha value is -0.490. The van der Waals surface area contributed by atoms with Crippen molar-refractivity contribution < 1.29 is 13.9 Å². The van der Waals surface area contributed by atoms with Gasteiger partial charge in [0.2, 0.25) is 0 Å². The first kappa shape index (κ1) is 14.6. The third kappa shape index (κ3) is 4.35. The Kier molecular flexibility index (Phi) is 6.05. The van der Waals surface area contributed by atoms with Gasteiger partial charge < -0.3 is 14.8 Å². The van der Waals surface area contributed by atoms with Gasteiger partial charge in [-0.3, -0.25) is 0 Å². The molecule has 1 aromatic rings. The van der Waals surface area contributed by atoms with Gasteiger partial charge in [0.25, 0.3) is 0 Å². The molecule has 3 nitrogen and oxygen atoms in total. The summed E-state index contributed by atoms with van der Waals surface area (Å²) in [5.74, 6) is -0.257. The second-order valence-electron chi connectivity index (χ2n) is 3.76. The smallest absolute Gasteiger partial charge is 0.171 e. The van der Waals surface area contributed by atoms with Crippen molar-refractivity contribution in [3.63, 3.8) is 0 Å². The van der Waals surface area contributed by atoms with Crippen LogP contribution in [0.1, 0.15) is 12.5 Å². The average Bonchev–Trinajstić information content (AvgIpc) is 2.32. The number of hydrogen-bond donors (Lipinski definition) is 1. The molecule has 1 unspecified atom stereocenters. The molecule has 0 saturated heterocycles. The van der Waals surface area contributed by atoms with Crippen LogP contribution in [0, 0.1) is 5.82 Å². The summed E-state index contributed by atoms with van der Waals surface area (Å²) in [7, 11) is 3.18. The molecular weight excluding hydrogens is 289 g/mol. The minimum atomic E-state index is -0.310. The number of nitrogens with one attached hydrogen (secondary N) is 1. The first-order chi connectivity index (χ1) is 8.08. The second-order valence-corrected chi connectivity index (χ2v) is 4.61. The van der Waals surface area contributed by atoms with Crippen LogP contribution in [0.4, 0.5) is 4.39 Å². The van der Waals surface area contributed by atoms with Crippen LogP contribution >= 0.6 is 15.9 Å². The van der Waals surface area contributed by atoms with Crippen LogP contribution in [0.2, 0.25) is 0 Å². The van der Waals surface area contributed by atoms with E-state index in [0.29, 0.717) is 11.0 Å². The van der Waals surface area contributed by atoms with Gasteiger partial charge >= 0.3 is 0 Å². The molecule has 0 aliphatic heterocycles. The fraction of sp³-hybridized carbons (Fsp3) is 0.500. The van der Waals surface area contributed by atoms with Crippen molar-refractivity contribution in [3.8, 4) is 0 Å². The molecule has 0 amide bonds. The minimum absolute atomic E-state index is 0.0247. The molecule has 0 aromatic heterocycles. The summed E-state index contributed by atoms with van der Waals surface area (Å²) in [6.07, 6.45) is -0.310. The lowest BCUT2D eigenvalue weighted by molar-refractivity contribution is -0.119. The first-order valence-electron chi connectivity index (χ1n) is 5.31. The summed E-state index contributed by atoms with van der Waals surface area (Å²) in [5, 5.41) is 3.22. The lowest BCUT2D eigenvalue weighted by atomic mass is 10.2. The number of hydrogen-bond acceptors (Lipinski definition) is 3. The minimum Gasteiger partial charge on any atom is -0.354 e. The molecule has 0 fully saturated rings. The molecule has 1 atom stereocenters. The van der Waals surface area contributed by atoms with Crippen LogP contribution in [-0.4, -0.2) is 26.6 Å². The zero-order valence-corrected chi connectivity index (χ0v) is 11.8.